The molecule has 3 nitrogen and oxygen atoms in total. The quantitative estimate of drug-likeness (QED) is 0.176. The summed E-state index contributed by atoms with van der Waals surface area (Å²) in [5, 5.41) is 0.235. The zero-order chi connectivity index (χ0) is 22.9. The Morgan fingerprint density at radius 1 is 1.03 bits per heavy atom. The van der Waals surface area contributed by atoms with Gasteiger partial charge in [0, 0.05) is 24.7 Å². The van der Waals surface area contributed by atoms with Crippen LogP contribution in [0.3, 0.4) is 0 Å². The molecule has 1 saturated heterocycles. The van der Waals surface area contributed by atoms with Gasteiger partial charge < -0.3 is 13.7 Å². The summed E-state index contributed by atoms with van der Waals surface area (Å²) in [5.41, 5.74) is 0.112. The number of unbranched alkanes of at least 4 members (excludes halogenated alkanes) is 3. The van der Waals surface area contributed by atoms with E-state index in [1.165, 1.54) is 25.7 Å². The highest BCUT2D eigenvalue weighted by Crippen LogP contribution is 2.38. The van der Waals surface area contributed by atoms with Crippen molar-refractivity contribution < 1.29 is 13.7 Å². The van der Waals surface area contributed by atoms with E-state index in [-0.39, 0.29) is 16.6 Å². The van der Waals surface area contributed by atoms with Crippen LogP contribution in [-0.2, 0) is 13.7 Å². The molecule has 0 unspecified atom stereocenters. The topological polar surface area (TPSA) is 27.7 Å². The summed E-state index contributed by atoms with van der Waals surface area (Å²) < 4.78 is 18.9. The Kier molecular flexibility index (Phi) is 11.1. The van der Waals surface area contributed by atoms with Crippen LogP contribution in [0.5, 0.6) is 0 Å². The van der Waals surface area contributed by atoms with E-state index in [4.69, 9.17) is 13.7 Å². The third-order valence-corrected chi connectivity index (χ3v) is 11.1. The van der Waals surface area contributed by atoms with Crippen LogP contribution in [0.2, 0.25) is 25.0 Å². The Morgan fingerprint density at radius 2 is 1.67 bits per heavy atom. The SMILES string of the molecule is CCCCC/C=C\C[C@H](CC/C=C/[B-]1(C)OCC(C)(C)CO1)O[Si](C)(C)C(C)(C)C. The lowest BCUT2D eigenvalue weighted by atomic mass is 9.58. The average molecular weight is 438 g/mol. The van der Waals surface area contributed by atoms with E-state index in [9.17, 15) is 0 Å². The third-order valence-electron chi connectivity index (χ3n) is 6.56. The smallest absolute Gasteiger partial charge is 0.259 e. The molecule has 0 N–H and O–H groups in total. The fourth-order valence-electron chi connectivity index (χ4n) is 3.30. The van der Waals surface area contributed by atoms with Crippen molar-refractivity contribution >= 4 is 14.9 Å². The standard InChI is InChI=1S/C25H50BO3Si/c1-10-11-12-13-14-15-18-23(29-30(8,9)24(2,3)4)19-16-17-20-26(7)27-21-25(5,6)22-28-26/h14-15,17,20,23H,10-13,16,18-19,21-22H2,1-9H3/q-1/b15-14-,20-17+/t23-/m1/s1. The maximum atomic E-state index is 6.77. The first-order chi connectivity index (χ1) is 13.8. The van der Waals surface area contributed by atoms with Gasteiger partial charge in [0.25, 0.3) is 6.55 Å². The van der Waals surface area contributed by atoms with Crippen LogP contribution in [0.15, 0.2) is 24.2 Å². The molecule has 0 saturated carbocycles. The summed E-state index contributed by atoms with van der Waals surface area (Å²) in [6.07, 6.45) is 15.3. The Bertz CT molecular complexity index is 539. The molecule has 1 rings (SSSR count). The minimum Gasteiger partial charge on any atom is -0.564 e. The number of allylic oxidation sites excluding steroid dienone is 2. The van der Waals surface area contributed by atoms with Crippen molar-refractivity contribution in [1.82, 2.24) is 0 Å². The van der Waals surface area contributed by atoms with Gasteiger partial charge in [-0.25, -0.2) is 0 Å². The summed E-state index contributed by atoms with van der Waals surface area (Å²) in [6.45, 7) is 20.6. The predicted molar refractivity (Wildman–Crippen MR) is 136 cm³/mol. The molecule has 176 valence electrons. The van der Waals surface area contributed by atoms with Gasteiger partial charge in [-0.3, -0.25) is 0 Å². The van der Waals surface area contributed by atoms with Crippen LogP contribution in [0, 0.1) is 5.41 Å². The zero-order valence-corrected chi connectivity index (χ0v) is 22.6. The van der Waals surface area contributed by atoms with Gasteiger partial charge >= 0.3 is 0 Å². The normalized spacial score (nSPS) is 20.8. The molecule has 1 atom stereocenters. The highest BCUT2D eigenvalue weighted by molar-refractivity contribution is 6.74. The largest absolute Gasteiger partial charge is 0.564 e. The van der Waals surface area contributed by atoms with Gasteiger partial charge in [0.2, 0.25) is 0 Å². The van der Waals surface area contributed by atoms with Gasteiger partial charge in [-0.2, -0.15) is 5.98 Å². The fourth-order valence-corrected chi connectivity index (χ4v) is 4.71. The van der Waals surface area contributed by atoms with Gasteiger partial charge in [0.1, 0.15) is 0 Å². The Morgan fingerprint density at radius 3 is 2.23 bits per heavy atom. The van der Waals surface area contributed by atoms with Crippen molar-refractivity contribution in [2.45, 2.75) is 118 Å². The number of hydrogen-bond donors (Lipinski definition) is 0. The van der Waals surface area contributed by atoms with Crippen LogP contribution in [0.4, 0.5) is 0 Å². The van der Waals surface area contributed by atoms with E-state index in [2.05, 4.69) is 85.7 Å². The summed E-state index contributed by atoms with van der Waals surface area (Å²) in [7, 11) is -1.78. The molecule has 0 aliphatic carbocycles. The van der Waals surface area contributed by atoms with Crippen LogP contribution < -0.4 is 0 Å². The van der Waals surface area contributed by atoms with Crippen molar-refractivity contribution in [3.05, 3.63) is 24.2 Å². The maximum Gasteiger partial charge on any atom is 0.259 e. The van der Waals surface area contributed by atoms with Gasteiger partial charge in [0.05, 0.1) is 0 Å². The van der Waals surface area contributed by atoms with E-state index in [1.807, 2.05) is 0 Å². The van der Waals surface area contributed by atoms with E-state index in [0.29, 0.717) is 0 Å². The second-order valence-electron chi connectivity index (χ2n) is 11.7. The monoisotopic (exact) mass is 437 g/mol. The Balaban J connectivity index is 2.61. The van der Waals surface area contributed by atoms with E-state index < -0.39 is 14.9 Å². The zero-order valence-electron chi connectivity index (χ0n) is 21.6. The van der Waals surface area contributed by atoms with E-state index in [0.717, 1.165) is 32.5 Å². The fraction of sp³-hybridized carbons (Fsp3) is 0.840. The molecule has 0 radical (unpaired) electrons. The lowest BCUT2D eigenvalue weighted by Gasteiger charge is -2.47. The van der Waals surface area contributed by atoms with E-state index >= 15 is 0 Å². The van der Waals surface area contributed by atoms with Crippen molar-refractivity contribution in [1.29, 1.82) is 0 Å². The molecular formula is C25H50BO3Si-. The minimum atomic E-state index is -1.78. The lowest BCUT2D eigenvalue weighted by molar-refractivity contribution is 0.0201. The number of rotatable bonds is 12. The molecule has 1 fully saturated rings. The Labute approximate surface area is 189 Å². The minimum absolute atomic E-state index is 0.112. The molecule has 0 aromatic rings. The molecule has 1 aliphatic rings. The molecule has 0 amide bonds. The molecule has 0 spiro atoms. The van der Waals surface area contributed by atoms with Crippen LogP contribution >= 0.6 is 0 Å². The summed E-state index contributed by atoms with van der Waals surface area (Å²) >= 11 is 0. The first-order valence-corrected chi connectivity index (χ1v) is 15.2. The van der Waals surface area contributed by atoms with Crippen molar-refractivity contribution in [3.63, 3.8) is 0 Å². The Hall–Kier alpha value is -0.358. The highest BCUT2D eigenvalue weighted by atomic mass is 28.4. The van der Waals surface area contributed by atoms with Crippen LogP contribution in [0.25, 0.3) is 0 Å². The lowest BCUT2D eigenvalue weighted by Crippen LogP contribution is -2.48. The molecule has 0 bridgehead atoms. The van der Waals surface area contributed by atoms with Gasteiger partial charge in [-0.15, -0.1) is 12.9 Å². The summed E-state index contributed by atoms with van der Waals surface area (Å²) in [4.78, 5) is 0. The molecule has 1 heterocycles. The summed E-state index contributed by atoms with van der Waals surface area (Å²) in [5.74, 6) is 2.15. The molecule has 1 aliphatic heterocycles. The summed E-state index contributed by atoms with van der Waals surface area (Å²) in [6, 6.07) is 0. The average Bonchev–Trinajstić information content (AvgIpc) is 2.63. The number of hydrogen-bond acceptors (Lipinski definition) is 3. The van der Waals surface area contributed by atoms with Crippen molar-refractivity contribution in [2.24, 2.45) is 5.41 Å². The first-order valence-electron chi connectivity index (χ1n) is 12.3. The van der Waals surface area contributed by atoms with Gasteiger partial charge in [-0.05, 0) is 50.2 Å². The third kappa shape index (κ3) is 10.3. The second-order valence-corrected chi connectivity index (χ2v) is 16.4. The first kappa shape index (κ1) is 27.7. The predicted octanol–water partition coefficient (Wildman–Crippen LogP) is 7.92. The molecular weight excluding hydrogens is 387 g/mol. The highest BCUT2D eigenvalue weighted by Gasteiger charge is 2.38. The van der Waals surface area contributed by atoms with Crippen molar-refractivity contribution in [2.75, 3.05) is 13.2 Å². The van der Waals surface area contributed by atoms with E-state index in [1.54, 1.807) is 0 Å². The van der Waals surface area contributed by atoms with Crippen LogP contribution in [0.1, 0.15) is 86.5 Å². The van der Waals surface area contributed by atoms with Gasteiger partial charge in [-0.1, -0.05) is 66.5 Å². The maximum absolute atomic E-state index is 6.77. The molecule has 0 aromatic carbocycles. The van der Waals surface area contributed by atoms with Crippen molar-refractivity contribution in [3.8, 4) is 0 Å². The molecule has 0 aromatic heterocycles. The molecule has 30 heavy (non-hydrogen) atoms. The molecule has 5 heteroatoms. The van der Waals surface area contributed by atoms with Crippen LogP contribution in [-0.4, -0.2) is 34.2 Å². The van der Waals surface area contributed by atoms with Gasteiger partial charge in [0.15, 0.2) is 8.32 Å². The second kappa shape index (κ2) is 12.0.